The van der Waals surface area contributed by atoms with Crippen molar-refractivity contribution in [2.24, 2.45) is 5.41 Å². The topological polar surface area (TPSA) is 9.23 Å². The zero-order valence-electron chi connectivity index (χ0n) is 11.2. The van der Waals surface area contributed by atoms with Crippen LogP contribution in [-0.4, -0.2) is 6.61 Å². The first-order valence-corrected chi connectivity index (χ1v) is 6.18. The predicted octanol–water partition coefficient (Wildman–Crippen LogP) is 4.63. The first-order chi connectivity index (χ1) is 7.45. The Balaban J connectivity index is 2.71. The average molecular weight is 220 g/mol. The van der Waals surface area contributed by atoms with Gasteiger partial charge in [0.2, 0.25) is 0 Å². The maximum atomic E-state index is 5.58. The van der Waals surface area contributed by atoms with Crippen LogP contribution in [0.1, 0.15) is 52.5 Å². The van der Waals surface area contributed by atoms with Gasteiger partial charge in [-0.15, -0.1) is 0 Å². The zero-order valence-corrected chi connectivity index (χ0v) is 11.2. The van der Waals surface area contributed by atoms with Crippen LogP contribution in [0.5, 0.6) is 5.75 Å². The van der Waals surface area contributed by atoms with Crippen LogP contribution in [0.3, 0.4) is 0 Å². The molecule has 0 aromatic heterocycles. The van der Waals surface area contributed by atoms with E-state index in [0.717, 1.165) is 18.8 Å². The van der Waals surface area contributed by atoms with Crippen molar-refractivity contribution in [1.82, 2.24) is 0 Å². The van der Waals surface area contributed by atoms with E-state index in [1.54, 1.807) is 0 Å². The quantitative estimate of drug-likeness (QED) is 0.719. The van der Waals surface area contributed by atoms with E-state index in [0.29, 0.717) is 11.3 Å². The van der Waals surface area contributed by atoms with Crippen molar-refractivity contribution in [2.75, 3.05) is 6.61 Å². The SMILES string of the molecule is CCCOc1ccc(C(C)C(C)(C)C)cc1. The van der Waals surface area contributed by atoms with Crippen LogP contribution in [0.25, 0.3) is 0 Å². The Morgan fingerprint density at radius 3 is 2.12 bits per heavy atom. The minimum atomic E-state index is 0.311. The van der Waals surface area contributed by atoms with Crippen LogP contribution >= 0.6 is 0 Å². The number of hydrogen-bond donors (Lipinski definition) is 0. The normalized spacial score (nSPS) is 13.6. The smallest absolute Gasteiger partial charge is 0.119 e. The molecule has 0 saturated carbocycles. The summed E-state index contributed by atoms with van der Waals surface area (Å²) in [6.45, 7) is 12.0. The van der Waals surface area contributed by atoms with Gasteiger partial charge in [-0.1, -0.05) is 46.8 Å². The highest BCUT2D eigenvalue weighted by Gasteiger charge is 2.21. The Bertz CT molecular complexity index is 305. The van der Waals surface area contributed by atoms with E-state index in [1.807, 2.05) is 0 Å². The van der Waals surface area contributed by atoms with Gasteiger partial charge in [0, 0.05) is 0 Å². The van der Waals surface area contributed by atoms with Crippen molar-refractivity contribution < 1.29 is 4.74 Å². The van der Waals surface area contributed by atoms with E-state index >= 15 is 0 Å². The number of rotatable bonds is 4. The predicted molar refractivity (Wildman–Crippen MR) is 70.1 cm³/mol. The first-order valence-electron chi connectivity index (χ1n) is 6.18. The van der Waals surface area contributed by atoms with E-state index in [-0.39, 0.29) is 0 Å². The largest absolute Gasteiger partial charge is 0.494 e. The highest BCUT2D eigenvalue weighted by Crippen LogP contribution is 2.34. The molecule has 0 aliphatic rings. The summed E-state index contributed by atoms with van der Waals surface area (Å²) in [5.74, 6) is 1.54. The van der Waals surface area contributed by atoms with Crippen LogP contribution in [0, 0.1) is 5.41 Å². The second-order valence-corrected chi connectivity index (χ2v) is 5.51. The van der Waals surface area contributed by atoms with E-state index in [1.165, 1.54) is 5.56 Å². The molecule has 0 spiro atoms. The fourth-order valence-corrected chi connectivity index (χ4v) is 1.57. The summed E-state index contributed by atoms with van der Waals surface area (Å²) in [5.41, 5.74) is 1.70. The Morgan fingerprint density at radius 1 is 1.12 bits per heavy atom. The van der Waals surface area contributed by atoms with Gasteiger partial charge in [-0.05, 0) is 35.4 Å². The molecule has 0 radical (unpaired) electrons. The molecule has 0 aliphatic carbocycles. The summed E-state index contributed by atoms with van der Waals surface area (Å²) in [6.07, 6.45) is 1.06. The summed E-state index contributed by atoms with van der Waals surface area (Å²) in [4.78, 5) is 0. The fraction of sp³-hybridized carbons (Fsp3) is 0.600. The Labute approximate surface area is 99.8 Å². The number of benzene rings is 1. The lowest BCUT2D eigenvalue weighted by molar-refractivity contribution is 0.316. The molecule has 1 heteroatoms. The molecule has 1 aromatic carbocycles. The Hall–Kier alpha value is -0.980. The highest BCUT2D eigenvalue weighted by atomic mass is 16.5. The monoisotopic (exact) mass is 220 g/mol. The van der Waals surface area contributed by atoms with Crippen molar-refractivity contribution in [3.63, 3.8) is 0 Å². The molecule has 0 heterocycles. The minimum Gasteiger partial charge on any atom is -0.494 e. The molecule has 16 heavy (non-hydrogen) atoms. The maximum absolute atomic E-state index is 5.58. The summed E-state index contributed by atoms with van der Waals surface area (Å²) in [5, 5.41) is 0. The standard InChI is InChI=1S/C15H24O/c1-6-11-16-14-9-7-13(8-10-14)12(2)15(3,4)5/h7-10,12H,6,11H2,1-5H3. The van der Waals surface area contributed by atoms with Crippen molar-refractivity contribution >= 4 is 0 Å². The van der Waals surface area contributed by atoms with Crippen molar-refractivity contribution in [3.8, 4) is 5.75 Å². The molecule has 1 aromatic rings. The van der Waals surface area contributed by atoms with Gasteiger partial charge in [0.05, 0.1) is 6.61 Å². The third-order valence-electron chi connectivity index (χ3n) is 3.15. The number of hydrogen-bond acceptors (Lipinski definition) is 1. The van der Waals surface area contributed by atoms with Gasteiger partial charge in [-0.25, -0.2) is 0 Å². The maximum Gasteiger partial charge on any atom is 0.119 e. The van der Waals surface area contributed by atoms with Gasteiger partial charge < -0.3 is 4.74 Å². The molecule has 0 fully saturated rings. The lowest BCUT2D eigenvalue weighted by Crippen LogP contribution is -2.15. The van der Waals surface area contributed by atoms with Crippen molar-refractivity contribution in [2.45, 2.75) is 47.0 Å². The second-order valence-electron chi connectivity index (χ2n) is 5.51. The van der Waals surface area contributed by atoms with E-state index in [9.17, 15) is 0 Å². The van der Waals surface area contributed by atoms with Crippen LogP contribution < -0.4 is 4.74 Å². The summed E-state index contributed by atoms with van der Waals surface area (Å²) < 4.78 is 5.58. The molecule has 1 rings (SSSR count). The molecule has 0 bridgehead atoms. The third kappa shape index (κ3) is 3.55. The average Bonchev–Trinajstić information content (AvgIpc) is 2.25. The molecular formula is C15H24O. The fourth-order valence-electron chi connectivity index (χ4n) is 1.57. The van der Waals surface area contributed by atoms with E-state index < -0.39 is 0 Å². The molecule has 1 unspecified atom stereocenters. The van der Waals surface area contributed by atoms with Gasteiger partial charge in [0.15, 0.2) is 0 Å². The lowest BCUT2D eigenvalue weighted by atomic mass is 9.78. The lowest BCUT2D eigenvalue weighted by Gasteiger charge is -2.27. The Kier molecular flexibility index (Phi) is 4.40. The molecule has 1 nitrogen and oxygen atoms in total. The number of ether oxygens (including phenoxy) is 1. The third-order valence-corrected chi connectivity index (χ3v) is 3.15. The first kappa shape index (κ1) is 13.1. The second kappa shape index (κ2) is 5.38. The van der Waals surface area contributed by atoms with Crippen LogP contribution in [0.4, 0.5) is 0 Å². The highest BCUT2D eigenvalue weighted by molar-refractivity contribution is 5.29. The van der Waals surface area contributed by atoms with Gasteiger partial charge in [0.25, 0.3) is 0 Å². The summed E-state index contributed by atoms with van der Waals surface area (Å²) in [7, 11) is 0. The van der Waals surface area contributed by atoms with Crippen LogP contribution in [0.2, 0.25) is 0 Å². The van der Waals surface area contributed by atoms with Gasteiger partial charge >= 0.3 is 0 Å². The molecule has 0 saturated heterocycles. The summed E-state index contributed by atoms with van der Waals surface area (Å²) in [6, 6.07) is 8.52. The van der Waals surface area contributed by atoms with Gasteiger partial charge in [-0.3, -0.25) is 0 Å². The van der Waals surface area contributed by atoms with Crippen LogP contribution in [-0.2, 0) is 0 Å². The zero-order chi connectivity index (χ0) is 12.2. The van der Waals surface area contributed by atoms with Gasteiger partial charge in [-0.2, -0.15) is 0 Å². The molecule has 90 valence electrons. The van der Waals surface area contributed by atoms with Crippen molar-refractivity contribution in [3.05, 3.63) is 29.8 Å². The molecule has 0 aliphatic heterocycles. The van der Waals surface area contributed by atoms with E-state index in [4.69, 9.17) is 4.74 Å². The summed E-state index contributed by atoms with van der Waals surface area (Å²) >= 11 is 0. The minimum absolute atomic E-state index is 0.311. The van der Waals surface area contributed by atoms with Gasteiger partial charge in [0.1, 0.15) is 5.75 Å². The van der Waals surface area contributed by atoms with Crippen LogP contribution in [0.15, 0.2) is 24.3 Å². The molecule has 0 N–H and O–H groups in total. The Morgan fingerprint density at radius 2 is 1.69 bits per heavy atom. The van der Waals surface area contributed by atoms with E-state index in [2.05, 4.69) is 58.9 Å². The molecular weight excluding hydrogens is 196 g/mol. The molecule has 0 amide bonds. The molecule has 1 atom stereocenters. The van der Waals surface area contributed by atoms with Crippen molar-refractivity contribution in [1.29, 1.82) is 0 Å².